The number of anilines is 1. The van der Waals surface area contributed by atoms with E-state index in [1.807, 2.05) is 5.01 Å². The Morgan fingerprint density at radius 3 is 2.46 bits per heavy atom. The zero-order chi connectivity index (χ0) is 19.7. The standard InChI is InChI=1S/C18H21N5O3S2/c1-12-19-18(27-22-12)20-17(24)16(21-23-10-2-3-11-23)13-4-6-14(7-5-13)28(25,26)15-8-9-15/h4-7,15H,2-3,8-11H2,1H3,(H,19,20,22,24). The van der Waals surface area contributed by atoms with Crippen LogP contribution in [0, 0.1) is 6.92 Å². The van der Waals surface area contributed by atoms with Crippen LogP contribution in [0.2, 0.25) is 0 Å². The molecule has 0 unspecified atom stereocenters. The highest BCUT2D eigenvalue weighted by molar-refractivity contribution is 7.92. The Labute approximate surface area is 167 Å². The van der Waals surface area contributed by atoms with Gasteiger partial charge in [0.05, 0.1) is 10.1 Å². The number of hydrazone groups is 1. The van der Waals surface area contributed by atoms with Crippen molar-refractivity contribution in [2.75, 3.05) is 18.4 Å². The summed E-state index contributed by atoms with van der Waals surface area (Å²) in [6.07, 6.45) is 3.50. The molecule has 0 bridgehead atoms. The third-order valence-electron chi connectivity index (χ3n) is 4.71. The van der Waals surface area contributed by atoms with E-state index in [0.29, 0.717) is 21.4 Å². The van der Waals surface area contributed by atoms with Crippen molar-refractivity contribution in [3.8, 4) is 0 Å². The van der Waals surface area contributed by atoms with Crippen LogP contribution in [0.1, 0.15) is 37.1 Å². The van der Waals surface area contributed by atoms with Gasteiger partial charge in [0, 0.05) is 30.2 Å². The summed E-state index contributed by atoms with van der Waals surface area (Å²) in [5.74, 6) is 0.203. The zero-order valence-electron chi connectivity index (χ0n) is 15.5. The van der Waals surface area contributed by atoms with Gasteiger partial charge in [-0.1, -0.05) is 12.1 Å². The molecule has 1 saturated heterocycles. The van der Waals surface area contributed by atoms with Crippen molar-refractivity contribution >= 4 is 38.1 Å². The monoisotopic (exact) mass is 419 g/mol. The normalized spacial score (nSPS) is 17.8. The van der Waals surface area contributed by atoms with E-state index in [0.717, 1.165) is 50.3 Å². The minimum absolute atomic E-state index is 0.241. The summed E-state index contributed by atoms with van der Waals surface area (Å²) >= 11 is 1.11. The summed E-state index contributed by atoms with van der Waals surface area (Å²) in [6, 6.07) is 6.42. The molecule has 148 valence electrons. The fourth-order valence-corrected chi connectivity index (χ4v) is 5.28. The number of carbonyl (C=O) groups excluding carboxylic acids is 1. The topological polar surface area (TPSA) is 105 Å². The van der Waals surface area contributed by atoms with Crippen LogP contribution in [0.4, 0.5) is 5.13 Å². The molecule has 28 heavy (non-hydrogen) atoms. The van der Waals surface area contributed by atoms with Crippen molar-refractivity contribution in [3.63, 3.8) is 0 Å². The van der Waals surface area contributed by atoms with Gasteiger partial charge in [0.15, 0.2) is 15.5 Å². The van der Waals surface area contributed by atoms with Crippen LogP contribution in [-0.2, 0) is 14.6 Å². The summed E-state index contributed by atoms with van der Waals surface area (Å²) in [6.45, 7) is 3.34. The Kier molecular flexibility index (Phi) is 5.15. The van der Waals surface area contributed by atoms with Crippen LogP contribution in [0.15, 0.2) is 34.3 Å². The van der Waals surface area contributed by atoms with E-state index in [1.165, 1.54) is 0 Å². The van der Waals surface area contributed by atoms with Crippen molar-refractivity contribution < 1.29 is 13.2 Å². The number of hydrogen-bond donors (Lipinski definition) is 1. The molecule has 1 aromatic heterocycles. The lowest BCUT2D eigenvalue weighted by Gasteiger charge is -2.14. The Morgan fingerprint density at radius 1 is 1.21 bits per heavy atom. The second kappa shape index (κ2) is 7.59. The molecule has 1 N–H and O–H groups in total. The van der Waals surface area contributed by atoms with E-state index >= 15 is 0 Å². The van der Waals surface area contributed by atoms with Crippen LogP contribution < -0.4 is 5.32 Å². The van der Waals surface area contributed by atoms with Gasteiger partial charge >= 0.3 is 0 Å². The van der Waals surface area contributed by atoms with E-state index in [-0.39, 0.29) is 16.9 Å². The van der Waals surface area contributed by atoms with Gasteiger partial charge in [-0.2, -0.15) is 9.47 Å². The van der Waals surface area contributed by atoms with Gasteiger partial charge < -0.3 is 0 Å². The van der Waals surface area contributed by atoms with Crippen molar-refractivity contribution in [2.24, 2.45) is 5.10 Å². The number of aromatic nitrogens is 2. The lowest BCUT2D eigenvalue weighted by molar-refractivity contribution is -0.110. The number of amides is 1. The average Bonchev–Trinajstić information content (AvgIpc) is 3.29. The lowest BCUT2D eigenvalue weighted by atomic mass is 10.1. The molecule has 1 aliphatic heterocycles. The summed E-state index contributed by atoms with van der Waals surface area (Å²) in [5, 5.41) is 9.28. The second-order valence-electron chi connectivity index (χ2n) is 6.98. The Bertz CT molecular complexity index is 1000. The summed E-state index contributed by atoms with van der Waals surface area (Å²) in [7, 11) is -3.26. The molecule has 2 aromatic rings. The highest BCUT2D eigenvalue weighted by atomic mass is 32.2. The average molecular weight is 420 g/mol. The number of benzene rings is 1. The number of nitrogens with one attached hydrogen (secondary N) is 1. The largest absolute Gasteiger partial charge is 0.296 e. The van der Waals surface area contributed by atoms with Crippen molar-refractivity contribution in [2.45, 2.75) is 42.8 Å². The van der Waals surface area contributed by atoms with Gasteiger partial charge in [0.1, 0.15) is 5.82 Å². The lowest BCUT2D eigenvalue weighted by Crippen LogP contribution is -2.27. The first kappa shape index (κ1) is 19.0. The number of rotatable bonds is 6. The SMILES string of the molecule is Cc1nsc(NC(=O)C(=NN2CCCC2)c2ccc(S(=O)(=O)C3CC3)cc2)n1. The summed E-state index contributed by atoms with van der Waals surface area (Å²) < 4.78 is 28.9. The highest BCUT2D eigenvalue weighted by Gasteiger charge is 2.36. The van der Waals surface area contributed by atoms with Crippen LogP contribution in [0.25, 0.3) is 0 Å². The van der Waals surface area contributed by atoms with Gasteiger partial charge in [0.2, 0.25) is 5.13 Å². The van der Waals surface area contributed by atoms with Gasteiger partial charge in [-0.3, -0.25) is 15.1 Å². The minimum atomic E-state index is -3.26. The molecule has 2 aliphatic rings. The Hall–Kier alpha value is -2.33. The number of nitrogens with zero attached hydrogens (tertiary/aromatic N) is 4. The third-order valence-corrected chi connectivity index (χ3v) is 7.71. The molecule has 2 heterocycles. The first-order valence-electron chi connectivity index (χ1n) is 9.23. The van der Waals surface area contributed by atoms with Crippen LogP contribution in [-0.4, -0.2) is 52.7 Å². The Morgan fingerprint density at radius 2 is 1.89 bits per heavy atom. The molecule has 2 fully saturated rings. The second-order valence-corrected chi connectivity index (χ2v) is 9.96. The van der Waals surface area contributed by atoms with E-state index in [1.54, 1.807) is 31.2 Å². The quantitative estimate of drug-likeness (QED) is 0.720. The number of sulfone groups is 1. The highest BCUT2D eigenvalue weighted by Crippen LogP contribution is 2.33. The molecule has 0 atom stereocenters. The van der Waals surface area contributed by atoms with Gasteiger partial charge in [-0.15, -0.1) is 0 Å². The van der Waals surface area contributed by atoms with E-state index in [4.69, 9.17) is 0 Å². The van der Waals surface area contributed by atoms with Crippen LogP contribution in [0.5, 0.6) is 0 Å². The molecule has 8 nitrogen and oxygen atoms in total. The predicted octanol–water partition coefficient (Wildman–Crippen LogP) is 2.22. The minimum Gasteiger partial charge on any atom is -0.296 e. The van der Waals surface area contributed by atoms with Crippen molar-refractivity contribution in [1.82, 2.24) is 14.4 Å². The van der Waals surface area contributed by atoms with Crippen molar-refractivity contribution in [3.05, 3.63) is 35.7 Å². The number of hydrogen-bond acceptors (Lipinski definition) is 8. The van der Waals surface area contributed by atoms with Crippen LogP contribution >= 0.6 is 11.5 Å². The first-order valence-corrected chi connectivity index (χ1v) is 11.5. The predicted molar refractivity (Wildman–Crippen MR) is 107 cm³/mol. The maximum Gasteiger partial charge on any atom is 0.278 e. The summed E-state index contributed by atoms with van der Waals surface area (Å²) in [5.41, 5.74) is 0.811. The molecule has 4 rings (SSSR count). The molecule has 0 spiro atoms. The van der Waals surface area contributed by atoms with Crippen molar-refractivity contribution in [1.29, 1.82) is 0 Å². The summed E-state index contributed by atoms with van der Waals surface area (Å²) in [4.78, 5) is 17.3. The molecule has 1 aliphatic carbocycles. The van der Waals surface area contributed by atoms with Crippen LogP contribution in [0.3, 0.4) is 0 Å². The molecule has 10 heteroatoms. The first-order chi connectivity index (χ1) is 13.4. The molecule has 1 saturated carbocycles. The van der Waals surface area contributed by atoms with E-state index < -0.39 is 9.84 Å². The molecule has 1 amide bonds. The fraction of sp³-hybridized carbons (Fsp3) is 0.444. The third kappa shape index (κ3) is 4.07. The van der Waals surface area contributed by atoms with E-state index in [2.05, 4.69) is 19.8 Å². The molecular weight excluding hydrogens is 398 g/mol. The smallest absolute Gasteiger partial charge is 0.278 e. The molecular formula is C18H21N5O3S2. The van der Waals surface area contributed by atoms with E-state index in [9.17, 15) is 13.2 Å². The van der Waals surface area contributed by atoms with Gasteiger partial charge in [0.25, 0.3) is 5.91 Å². The molecule has 0 radical (unpaired) electrons. The maximum absolute atomic E-state index is 12.9. The van der Waals surface area contributed by atoms with Gasteiger partial charge in [-0.05, 0) is 44.7 Å². The number of carbonyl (C=O) groups is 1. The number of aryl methyl sites for hydroxylation is 1. The fourth-order valence-electron chi connectivity index (χ4n) is 3.05. The maximum atomic E-state index is 12.9. The zero-order valence-corrected chi connectivity index (χ0v) is 17.1. The van der Waals surface area contributed by atoms with Gasteiger partial charge in [-0.25, -0.2) is 13.4 Å². The molecule has 1 aromatic carbocycles. The Balaban J connectivity index is 1.62.